The van der Waals surface area contributed by atoms with Crippen LogP contribution in [0.2, 0.25) is 0 Å². The zero-order chi connectivity index (χ0) is 15.9. The summed E-state index contributed by atoms with van der Waals surface area (Å²) in [6.45, 7) is 1.65. The van der Waals surface area contributed by atoms with Crippen LogP contribution in [0.4, 0.5) is 13.2 Å². The molecule has 0 saturated heterocycles. The molecule has 1 rings (SSSR count). The number of carbonyl (C=O) groups excluding carboxylic acids is 1. The molecule has 0 heterocycles. The molecule has 0 aromatic heterocycles. The number of ether oxygens (including phenoxy) is 1. The summed E-state index contributed by atoms with van der Waals surface area (Å²) < 4.78 is 41.7. The number of esters is 1. The Morgan fingerprint density at radius 2 is 1.71 bits per heavy atom. The Bertz CT molecular complexity index is 325. The van der Waals surface area contributed by atoms with E-state index < -0.39 is 24.1 Å². The highest BCUT2D eigenvalue weighted by molar-refractivity contribution is 5.80. The quantitative estimate of drug-likeness (QED) is 0.596. The number of hydrogen-bond acceptors (Lipinski definition) is 3. The number of carbonyl (C=O) groups is 1. The van der Waals surface area contributed by atoms with Crippen molar-refractivity contribution in [2.24, 2.45) is 0 Å². The molecule has 1 saturated carbocycles. The molecule has 21 heavy (non-hydrogen) atoms. The van der Waals surface area contributed by atoms with Gasteiger partial charge in [-0.15, -0.1) is 0 Å². The summed E-state index contributed by atoms with van der Waals surface area (Å²) in [6.07, 6.45) is 1.49. The van der Waals surface area contributed by atoms with E-state index in [1.807, 2.05) is 0 Å². The van der Waals surface area contributed by atoms with Gasteiger partial charge in [-0.05, 0) is 32.6 Å². The van der Waals surface area contributed by atoms with E-state index in [0.29, 0.717) is 0 Å². The average Bonchev–Trinajstić information content (AvgIpc) is 2.64. The number of methoxy groups -OCH3 is 1. The zero-order valence-electron chi connectivity index (χ0n) is 12.9. The molecule has 6 heteroatoms. The van der Waals surface area contributed by atoms with Gasteiger partial charge in [-0.1, -0.05) is 25.7 Å². The zero-order valence-corrected chi connectivity index (χ0v) is 12.9. The van der Waals surface area contributed by atoms with Gasteiger partial charge in [0.25, 0.3) is 0 Å². The summed E-state index contributed by atoms with van der Waals surface area (Å²) in [5, 5.41) is 3.27. The first-order chi connectivity index (χ1) is 9.77. The van der Waals surface area contributed by atoms with Crippen molar-refractivity contribution in [2.75, 3.05) is 7.11 Å². The maximum atomic E-state index is 12.3. The Labute approximate surface area is 124 Å². The molecule has 1 fully saturated rings. The van der Waals surface area contributed by atoms with Crippen LogP contribution in [0.15, 0.2) is 0 Å². The maximum Gasteiger partial charge on any atom is 0.389 e. The molecule has 0 amide bonds. The number of nitrogens with one attached hydrogen (secondary N) is 1. The molecule has 1 aliphatic rings. The molecule has 124 valence electrons. The fourth-order valence-electron chi connectivity index (χ4n) is 2.98. The highest BCUT2D eigenvalue weighted by Crippen LogP contribution is 2.27. The second-order valence-electron chi connectivity index (χ2n) is 6.13. The molecular formula is C15H26F3NO2. The molecule has 0 bridgehead atoms. The fourth-order valence-corrected chi connectivity index (χ4v) is 2.98. The second kappa shape index (κ2) is 8.01. The molecule has 3 nitrogen and oxygen atoms in total. The second-order valence-corrected chi connectivity index (χ2v) is 6.13. The monoisotopic (exact) mass is 309 g/mol. The Morgan fingerprint density at radius 1 is 1.14 bits per heavy atom. The van der Waals surface area contributed by atoms with Gasteiger partial charge in [0.1, 0.15) is 5.54 Å². The first-order valence-corrected chi connectivity index (χ1v) is 7.70. The lowest BCUT2D eigenvalue weighted by Crippen LogP contribution is -2.54. The van der Waals surface area contributed by atoms with E-state index in [9.17, 15) is 18.0 Å². The lowest BCUT2D eigenvalue weighted by molar-refractivity contribution is -0.151. The van der Waals surface area contributed by atoms with E-state index in [2.05, 4.69) is 5.32 Å². The van der Waals surface area contributed by atoms with Crippen LogP contribution >= 0.6 is 0 Å². The maximum absolute atomic E-state index is 12.3. The minimum atomic E-state index is -4.18. The minimum absolute atomic E-state index is 0.0746. The van der Waals surface area contributed by atoms with Gasteiger partial charge in [0.05, 0.1) is 7.11 Å². The van der Waals surface area contributed by atoms with Gasteiger partial charge in [0.2, 0.25) is 0 Å². The van der Waals surface area contributed by atoms with Gasteiger partial charge < -0.3 is 4.74 Å². The SMILES string of the molecule is COC(=O)C(C)(CCCC(F)(F)F)NC1CCCCCC1. The van der Waals surface area contributed by atoms with Crippen LogP contribution in [0.1, 0.15) is 64.7 Å². The summed E-state index contributed by atoms with van der Waals surface area (Å²) in [4.78, 5) is 12.0. The summed E-state index contributed by atoms with van der Waals surface area (Å²) in [5.74, 6) is -0.478. The van der Waals surface area contributed by atoms with E-state index in [1.165, 1.54) is 20.0 Å². The van der Waals surface area contributed by atoms with Gasteiger partial charge in [-0.2, -0.15) is 13.2 Å². The van der Waals surface area contributed by atoms with Crippen molar-refractivity contribution in [3.8, 4) is 0 Å². The molecule has 1 atom stereocenters. The van der Waals surface area contributed by atoms with E-state index >= 15 is 0 Å². The van der Waals surface area contributed by atoms with Crippen molar-refractivity contribution >= 4 is 5.97 Å². The molecule has 0 aromatic rings. The first kappa shape index (κ1) is 18.3. The highest BCUT2D eigenvalue weighted by atomic mass is 19.4. The van der Waals surface area contributed by atoms with Gasteiger partial charge >= 0.3 is 12.1 Å². The average molecular weight is 309 g/mol. The summed E-state index contributed by atoms with van der Waals surface area (Å²) >= 11 is 0. The molecule has 1 N–H and O–H groups in total. The molecule has 0 aromatic carbocycles. The van der Waals surface area contributed by atoms with Crippen LogP contribution in [-0.4, -0.2) is 30.8 Å². The van der Waals surface area contributed by atoms with Crippen LogP contribution in [0.3, 0.4) is 0 Å². The van der Waals surface area contributed by atoms with Crippen molar-refractivity contribution < 1.29 is 22.7 Å². The third kappa shape index (κ3) is 6.68. The summed E-state index contributed by atoms with van der Waals surface area (Å²) in [7, 11) is 1.28. The normalized spacial score (nSPS) is 20.6. The summed E-state index contributed by atoms with van der Waals surface area (Å²) in [5.41, 5.74) is -1.03. The Balaban J connectivity index is 2.61. The predicted molar refractivity (Wildman–Crippen MR) is 75.0 cm³/mol. The van der Waals surface area contributed by atoms with Crippen LogP contribution in [-0.2, 0) is 9.53 Å². The summed E-state index contributed by atoms with van der Waals surface area (Å²) in [6, 6.07) is 0.183. The largest absolute Gasteiger partial charge is 0.468 e. The third-order valence-corrected chi connectivity index (χ3v) is 4.15. The van der Waals surface area contributed by atoms with Crippen LogP contribution in [0.5, 0.6) is 0 Å². The number of hydrogen-bond donors (Lipinski definition) is 1. The standard InChI is InChI=1S/C15H26F3NO2/c1-14(13(20)21-2,10-7-11-15(16,17)18)19-12-8-5-3-4-6-9-12/h12,19H,3-11H2,1-2H3. The Morgan fingerprint density at radius 3 is 2.19 bits per heavy atom. The van der Waals surface area contributed by atoms with Gasteiger partial charge in [0, 0.05) is 12.5 Å². The molecule has 0 aliphatic heterocycles. The number of rotatable bonds is 6. The van der Waals surface area contributed by atoms with Crippen molar-refractivity contribution in [1.82, 2.24) is 5.32 Å². The smallest absolute Gasteiger partial charge is 0.389 e. The lowest BCUT2D eigenvalue weighted by atomic mass is 9.92. The Kier molecular flexibility index (Phi) is 6.97. The molecule has 1 aliphatic carbocycles. The van der Waals surface area contributed by atoms with Crippen molar-refractivity contribution in [2.45, 2.75) is 82.5 Å². The lowest BCUT2D eigenvalue weighted by Gasteiger charge is -2.32. The topological polar surface area (TPSA) is 38.3 Å². The van der Waals surface area contributed by atoms with Crippen LogP contribution in [0.25, 0.3) is 0 Å². The number of alkyl halides is 3. The minimum Gasteiger partial charge on any atom is -0.468 e. The Hall–Kier alpha value is -0.780. The predicted octanol–water partition coefficient (Wildman–Crippen LogP) is 3.96. The highest BCUT2D eigenvalue weighted by Gasteiger charge is 2.37. The molecule has 1 unspecified atom stereocenters. The van der Waals surface area contributed by atoms with E-state index in [1.54, 1.807) is 6.92 Å². The van der Waals surface area contributed by atoms with Crippen molar-refractivity contribution in [3.63, 3.8) is 0 Å². The first-order valence-electron chi connectivity index (χ1n) is 7.70. The van der Waals surface area contributed by atoms with Crippen LogP contribution < -0.4 is 5.32 Å². The molecular weight excluding hydrogens is 283 g/mol. The van der Waals surface area contributed by atoms with Gasteiger partial charge in [-0.25, -0.2) is 0 Å². The molecule has 0 radical (unpaired) electrons. The van der Waals surface area contributed by atoms with Crippen molar-refractivity contribution in [1.29, 1.82) is 0 Å². The van der Waals surface area contributed by atoms with E-state index in [0.717, 1.165) is 25.7 Å². The van der Waals surface area contributed by atoms with Crippen LogP contribution in [0, 0.1) is 0 Å². The number of halogens is 3. The third-order valence-electron chi connectivity index (χ3n) is 4.15. The fraction of sp³-hybridized carbons (Fsp3) is 0.933. The van der Waals surface area contributed by atoms with E-state index in [4.69, 9.17) is 4.74 Å². The van der Waals surface area contributed by atoms with Gasteiger partial charge in [-0.3, -0.25) is 10.1 Å². The van der Waals surface area contributed by atoms with Crippen molar-refractivity contribution in [3.05, 3.63) is 0 Å². The van der Waals surface area contributed by atoms with Gasteiger partial charge in [0.15, 0.2) is 0 Å². The van der Waals surface area contributed by atoms with E-state index in [-0.39, 0.29) is 18.9 Å². The molecule has 0 spiro atoms.